The van der Waals surface area contributed by atoms with Crippen molar-refractivity contribution < 1.29 is 14.2 Å². The molecule has 0 aliphatic carbocycles. The third-order valence-corrected chi connectivity index (χ3v) is 3.84. The summed E-state index contributed by atoms with van der Waals surface area (Å²) in [7, 11) is 0. The van der Waals surface area contributed by atoms with Crippen LogP contribution in [0.15, 0.2) is 0 Å². The molecule has 4 aliphatic heterocycles. The Morgan fingerprint density at radius 1 is 1.14 bits per heavy atom. The molecular weight excluding hydrogens is 180 g/mol. The molecule has 4 saturated heterocycles. The van der Waals surface area contributed by atoms with Crippen molar-refractivity contribution in [1.29, 1.82) is 0 Å². The second-order valence-corrected chi connectivity index (χ2v) is 5.13. The highest BCUT2D eigenvalue weighted by atomic mass is 16.7. The van der Waals surface area contributed by atoms with Crippen LogP contribution in [-0.2, 0) is 14.2 Å². The van der Waals surface area contributed by atoms with Crippen molar-refractivity contribution in [3.63, 3.8) is 0 Å². The second kappa shape index (κ2) is 2.94. The van der Waals surface area contributed by atoms with E-state index < -0.39 is 0 Å². The molecule has 0 N–H and O–H groups in total. The molecule has 4 heterocycles. The molecule has 0 saturated carbocycles. The van der Waals surface area contributed by atoms with Gasteiger partial charge in [-0.15, -0.1) is 0 Å². The summed E-state index contributed by atoms with van der Waals surface area (Å²) in [4.78, 5) is 0. The molecule has 4 rings (SSSR count). The van der Waals surface area contributed by atoms with E-state index in [2.05, 4.69) is 20.8 Å². The molecule has 0 spiro atoms. The van der Waals surface area contributed by atoms with Gasteiger partial charge in [-0.25, -0.2) is 0 Å². The zero-order chi connectivity index (χ0) is 9.87. The topological polar surface area (TPSA) is 27.7 Å². The fourth-order valence-corrected chi connectivity index (χ4v) is 2.82. The van der Waals surface area contributed by atoms with Crippen LogP contribution in [-0.4, -0.2) is 31.2 Å². The lowest BCUT2D eigenvalue weighted by atomic mass is 9.79. The molecule has 3 heteroatoms. The normalized spacial score (nSPS) is 55.7. The third-order valence-electron chi connectivity index (χ3n) is 3.84. The fraction of sp³-hybridized carbons (Fsp3) is 1.00. The molecule has 0 aromatic rings. The van der Waals surface area contributed by atoms with Gasteiger partial charge in [-0.05, 0) is 5.92 Å². The van der Waals surface area contributed by atoms with Gasteiger partial charge in [0.05, 0.1) is 24.9 Å². The van der Waals surface area contributed by atoms with Gasteiger partial charge in [0.25, 0.3) is 0 Å². The predicted molar refractivity (Wildman–Crippen MR) is 50.8 cm³/mol. The second-order valence-electron chi connectivity index (χ2n) is 5.13. The number of hydrogen-bond donors (Lipinski definition) is 0. The van der Waals surface area contributed by atoms with Crippen LogP contribution >= 0.6 is 0 Å². The molecule has 6 unspecified atom stereocenters. The first-order chi connectivity index (χ1) is 6.68. The average Bonchev–Trinajstić information content (AvgIpc) is 2.25. The Balaban J connectivity index is 1.83. The van der Waals surface area contributed by atoms with E-state index in [1.165, 1.54) is 0 Å². The molecule has 4 fully saturated rings. The van der Waals surface area contributed by atoms with Crippen molar-refractivity contribution >= 4 is 0 Å². The Morgan fingerprint density at radius 3 is 2.43 bits per heavy atom. The summed E-state index contributed by atoms with van der Waals surface area (Å²) >= 11 is 0. The highest BCUT2D eigenvalue weighted by molar-refractivity contribution is 5.01. The number of hydrogen-bond acceptors (Lipinski definition) is 3. The highest BCUT2D eigenvalue weighted by Gasteiger charge is 2.58. The molecule has 3 nitrogen and oxygen atoms in total. The molecule has 0 aromatic carbocycles. The van der Waals surface area contributed by atoms with Gasteiger partial charge in [0, 0.05) is 11.8 Å². The lowest BCUT2D eigenvalue weighted by Gasteiger charge is -2.47. The van der Waals surface area contributed by atoms with Crippen LogP contribution in [0.3, 0.4) is 0 Å². The van der Waals surface area contributed by atoms with E-state index in [1.807, 2.05) is 0 Å². The van der Waals surface area contributed by atoms with E-state index in [1.54, 1.807) is 0 Å². The molecule has 0 amide bonds. The first kappa shape index (κ1) is 9.13. The Kier molecular flexibility index (Phi) is 1.92. The summed E-state index contributed by atoms with van der Waals surface area (Å²) in [6.45, 7) is 7.46. The van der Waals surface area contributed by atoms with Crippen molar-refractivity contribution in [3.05, 3.63) is 0 Å². The van der Waals surface area contributed by atoms with Gasteiger partial charge in [0.1, 0.15) is 0 Å². The average molecular weight is 198 g/mol. The van der Waals surface area contributed by atoms with Crippen LogP contribution in [0.1, 0.15) is 20.8 Å². The lowest BCUT2D eigenvalue weighted by Crippen LogP contribution is -2.57. The minimum absolute atomic E-state index is 0.0293. The fourth-order valence-electron chi connectivity index (χ4n) is 2.82. The smallest absolute Gasteiger partial charge is 0.163 e. The van der Waals surface area contributed by atoms with Gasteiger partial charge >= 0.3 is 0 Å². The standard InChI is InChI=1S/C11H18O3/c1-5(2)8-10-7(4-12-10)9-6(3)11(13-8)14-9/h5-11H,4H2,1-3H3. The summed E-state index contributed by atoms with van der Waals surface area (Å²) in [6.07, 6.45) is 0.938. The van der Waals surface area contributed by atoms with Gasteiger partial charge in [0.2, 0.25) is 0 Å². The minimum Gasteiger partial charge on any atom is -0.375 e. The number of rotatable bonds is 1. The summed E-state index contributed by atoms with van der Waals surface area (Å²) in [5.41, 5.74) is 0. The molecule has 14 heavy (non-hydrogen) atoms. The summed E-state index contributed by atoms with van der Waals surface area (Å²) < 4.78 is 17.3. The zero-order valence-electron chi connectivity index (χ0n) is 8.97. The highest BCUT2D eigenvalue weighted by Crippen LogP contribution is 2.47. The predicted octanol–water partition coefficient (Wildman–Crippen LogP) is 1.42. The van der Waals surface area contributed by atoms with Crippen LogP contribution in [0.5, 0.6) is 0 Å². The van der Waals surface area contributed by atoms with Crippen molar-refractivity contribution in [1.82, 2.24) is 0 Å². The molecule has 80 valence electrons. The first-order valence-corrected chi connectivity index (χ1v) is 5.61. The van der Waals surface area contributed by atoms with Gasteiger partial charge in [-0.3, -0.25) is 0 Å². The van der Waals surface area contributed by atoms with Crippen molar-refractivity contribution in [2.24, 2.45) is 17.8 Å². The maximum atomic E-state index is 5.94. The maximum Gasteiger partial charge on any atom is 0.163 e. The Bertz CT molecular complexity index is 241. The SMILES string of the molecule is CC(C)C1OC2OC(C2C)C2COC21. The number of fused-ring (bicyclic) bond motifs is 1. The van der Waals surface area contributed by atoms with Gasteiger partial charge in [0.15, 0.2) is 6.29 Å². The summed E-state index contributed by atoms with van der Waals surface area (Å²) in [5, 5.41) is 0. The van der Waals surface area contributed by atoms with Gasteiger partial charge in [-0.2, -0.15) is 0 Å². The van der Waals surface area contributed by atoms with Crippen molar-refractivity contribution in [2.75, 3.05) is 6.61 Å². The zero-order valence-corrected chi connectivity index (χ0v) is 8.97. The Hall–Kier alpha value is -0.120. The van der Waals surface area contributed by atoms with E-state index >= 15 is 0 Å². The lowest BCUT2D eigenvalue weighted by molar-refractivity contribution is -0.303. The first-order valence-electron chi connectivity index (χ1n) is 5.61. The largest absolute Gasteiger partial charge is 0.375 e. The van der Waals surface area contributed by atoms with E-state index in [4.69, 9.17) is 14.2 Å². The van der Waals surface area contributed by atoms with E-state index in [9.17, 15) is 0 Å². The van der Waals surface area contributed by atoms with Crippen LogP contribution in [0, 0.1) is 17.8 Å². The van der Waals surface area contributed by atoms with Gasteiger partial charge < -0.3 is 14.2 Å². The maximum absolute atomic E-state index is 5.94. The summed E-state index contributed by atoms with van der Waals surface area (Å²) in [6, 6.07) is 0. The third kappa shape index (κ3) is 1.03. The van der Waals surface area contributed by atoms with Crippen molar-refractivity contribution in [2.45, 2.75) is 45.4 Å². The number of ether oxygens (including phenoxy) is 3. The molecule has 2 bridgehead atoms. The quantitative estimate of drug-likeness (QED) is 0.637. The van der Waals surface area contributed by atoms with Crippen LogP contribution in [0.2, 0.25) is 0 Å². The van der Waals surface area contributed by atoms with Crippen LogP contribution < -0.4 is 0 Å². The monoisotopic (exact) mass is 198 g/mol. The molecule has 0 radical (unpaired) electrons. The van der Waals surface area contributed by atoms with Gasteiger partial charge in [-0.1, -0.05) is 20.8 Å². The molecule has 0 aromatic heterocycles. The molecule has 4 aliphatic rings. The Morgan fingerprint density at radius 2 is 1.93 bits per heavy atom. The Labute approximate surface area is 84.7 Å². The minimum atomic E-state index is 0.0293. The van der Waals surface area contributed by atoms with Crippen LogP contribution in [0.4, 0.5) is 0 Å². The van der Waals surface area contributed by atoms with E-state index in [0.29, 0.717) is 23.9 Å². The van der Waals surface area contributed by atoms with Crippen molar-refractivity contribution in [3.8, 4) is 0 Å². The van der Waals surface area contributed by atoms with E-state index in [0.717, 1.165) is 6.61 Å². The molecular formula is C11H18O3. The summed E-state index contributed by atoms with van der Waals surface area (Å²) in [5.74, 6) is 1.64. The van der Waals surface area contributed by atoms with Crippen LogP contribution in [0.25, 0.3) is 0 Å². The van der Waals surface area contributed by atoms with E-state index in [-0.39, 0.29) is 18.5 Å². The molecule has 6 atom stereocenters.